The van der Waals surface area contributed by atoms with Gasteiger partial charge in [0.1, 0.15) is 0 Å². The van der Waals surface area contributed by atoms with Gasteiger partial charge in [0.25, 0.3) is 0 Å². The molecule has 1 aliphatic heterocycles. The maximum Gasteiger partial charge on any atom is 0.0302 e. The third kappa shape index (κ3) is 3.25. The van der Waals surface area contributed by atoms with Gasteiger partial charge in [0.05, 0.1) is 0 Å². The molecule has 2 unspecified atom stereocenters. The summed E-state index contributed by atoms with van der Waals surface area (Å²) in [6.07, 6.45) is 1.30. The second-order valence-electron chi connectivity index (χ2n) is 5.53. The van der Waals surface area contributed by atoms with Gasteiger partial charge in [0, 0.05) is 17.8 Å². The van der Waals surface area contributed by atoms with Gasteiger partial charge in [0.2, 0.25) is 0 Å². The predicted molar refractivity (Wildman–Crippen MR) is 75.4 cm³/mol. The molecule has 2 heterocycles. The summed E-state index contributed by atoms with van der Waals surface area (Å²) in [5.41, 5.74) is 1.92. The summed E-state index contributed by atoms with van der Waals surface area (Å²) >= 11 is 3.87. The lowest BCUT2D eigenvalue weighted by Crippen LogP contribution is -2.41. The third-order valence-corrected chi connectivity index (χ3v) is 5.46. The first-order chi connectivity index (χ1) is 7.57. The van der Waals surface area contributed by atoms with Crippen LogP contribution < -0.4 is 5.32 Å². The summed E-state index contributed by atoms with van der Waals surface area (Å²) in [5.74, 6) is 2.57. The van der Waals surface area contributed by atoms with E-state index in [-0.39, 0.29) is 0 Å². The zero-order chi connectivity index (χ0) is 11.6. The minimum Gasteiger partial charge on any atom is -0.307 e. The van der Waals surface area contributed by atoms with Gasteiger partial charge in [-0.15, -0.1) is 0 Å². The Morgan fingerprint density at radius 3 is 2.94 bits per heavy atom. The maximum absolute atomic E-state index is 3.76. The van der Waals surface area contributed by atoms with Crippen molar-refractivity contribution in [2.75, 3.05) is 11.5 Å². The average molecular weight is 255 g/mol. The number of rotatable bonds is 3. The molecule has 0 amide bonds. The number of thioether (sulfide) groups is 1. The molecule has 1 fully saturated rings. The van der Waals surface area contributed by atoms with Crippen molar-refractivity contribution in [3.63, 3.8) is 0 Å². The van der Waals surface area contributed by atoms with Gasteiger partial charge in [0.15, 0.2) is 0 Å². The Labute approximate surface area is 107 Å². The normalized spacial score (nSPS) is 26.6. The van der Waals surface area contributed by atoms with E-state index in [1.54, 1.807) is 11.3 Å². The molecule has 90 valence electrons. The van der Waals surface area contributed by atoms with Gasteiger partial charge >= 0.3 is 0 Å². The summed E-state index contributed by atoms with van der Waals surface area (Å²) in [6, 6.07) is 3.39. The van der Waals surface area contributed by atoms with Crippen LogP contribution in [0.15, 0.2) is 16.8 Å². The molecule has 1 nitrogen and oxygen atoms in total. The molecule has 1 aliphatic rings. The van der Waals surface area contributed by atoms with E-state index in [9.17, 15) is 0 Å². The summed E-state index contributed by atoms with van der Waals surface area (Å²) in [6.45, 7) is 7.03. The van der Waals surface area contributed by atoms with E-state index < -0.39 is 0 Å². The number of hydrogen-bond donors (Lipinski definition) is 1. The van der Waals surface area contributed by atoms with Gasteiger partial charge in [-0.2, -0.15) is 23.1 Å². The van der Waals surface area contributed by atoms with Gasteiger partial charge < -0.3 is 5.32 Å². The summed E-state index contributed by atoms with van der Waals surface area (Å²) in [5, 5.41) is 8.17. The third-order valence-electron chi connectivity index (χ3n) is 3.14. The quantitative estimate of drug-likeness (QED) is 0.878. The number of hydrogen-bond acceptors (Lipinski definition) is 3. The van der Waals surface area contributed by atoms with Crippen molar-refractivity contribution in [3.8, 4) is 0 Å². The minimum atomic E-state index is 0.491. The Kier molecular flexibility index (Phi) is 3.98. The second-order valence-corrected chi connectivity index (χ2v) is 7.34. The summed E-state index contributed by atoms with van der Waals surface area (Å²) in [7, 11) is 0. The van der Waals surface area contributed by atoms with Crippen LogP contribution in [-0.2, 0) is 0 Å². The molecule has 0 radical (unpaired) electrons. The van der Waals surface area contributed by atoms with E-state index in [0.717, 1.165) is 0 Å². The largest absolute Gasteiger partial charge is 0.307 e. The highest BCUT2D eigenvalue weighted by molar-refractivity contribution is 7.99. The number of thiophene rings is 1. The molecule has 1 saturated heterocycles. The molecule has 1 aromatic heterocycles. The van der Waals surface area contributed by atoms with Crippen LogP contribution in [0.4, 0.5) is 0 Å². The van der Waals surface area contributed by atoms with Crippen molar-refractivity contribution >= 4 is 23.1 Å². The van der Waals surface area contributed by atoms with E-state index >= 15 is 0 Å². The van der Waals surface area contributed by atoms with Crippen molar-refractivity contribution < 1.29 is 0 Å². The monoisotopic (exact) mass is 255 g/mol. The van der Waals surface area contributed by atoms with Crippen LogP contribution in [0.3, 0.4) is 0 Å². The van der Waals surface area contributed by atoms with E-state index in [0.29, 0.717) is 17.5 Å². The molecule has 0 aliphatic carbocycles. The lowest BCUT2D eigenvalue weighted by molar-refractivity contribution is 0.305. The Morgan fingerprint density at radius 1 is 1.50 bits per heavy atom. The van der Waals surface area contributed by atoms with Gasteiger partial charge in [-0.1, -0.05) is 13.8 Å². The standard InChI is InChI=1S/C13H21NS2/c1-10(11-4-5-15-7-11)14-12-6-13(2,3)9-16-8-12/h4-5,7,10,12,14H,6,8-9H2,1-3H3. The topological polar surface area (TPSA) is 12.0 Å². The molecule has 2 atom stereocenters. The highest BCUT2D eigenvalue weighted by Crippen LogP contribution is 2.34. The van der Waals surface area contributed by atoms with Crippen molar-refractivity contribution in [1.29, 1.82) is 0 Å². The first-order valence-electron chi connectivity index (χ1n) is 5.93. The molecule has 3 heteroatoms. The first kappa shape index (κ1) is 12.5. The summed E-state index contributed by atoms with van der Waals surface area (Å²) < 4.78 is 0. The van der Waals surface area contributed by atoms with Gasteiger partial charge in [-0.3, -0.25) is 0 Å². The van der Waals surface area contributed by atoms with E-state index in [1.165, 1.54) is 23.5 Å². The highest BCUT2D eigenvalue weighted by Gasteiger charge is 2.29. The summed E-state index contributed by atoms with van der Waals surface area (Å²) in [4.78, 5) is 0. The molecule has 1 aromatic rings. The molecule has 2 rings (SSSR count). The van der Waals surface area contributed by atoms with Crippen LogP contribution in [0.5, 0.6) is 0 Å². The van der Waals surface area contributed by atoms with Crippen LogP contribution in [0, 0.1) is 5.41 Å². The fraction of sp³-hybridized carbons (Fsp3) is 0.692. The second kappa shape index (κ2) is 5.11. The molecule has 16 heavy (non-hydrogen) atoms. The van der Waals surface area contributed by atoms with Crippen LogP contribution >= 0.6 is 23.1 Å². The Bertz CT molecular complexity index is 319. The zero-order valence-electron chi connectivity index (χ0n) is 10.3. The van der Waals surface area contributed by atoms with Crippen molar-refractivity contribution in [1.82, 2.24) is 5.32 Å². The maximum atomic E-state index is 3.76. The molecule has 0 spiro atoms. The van der Waals surface area contributed by atoms with E-state index in [4.69, 9.17) is 0 Å². The fourth-order valence-electron chi connectivity index (χ4n) is 2.34. The van der Waals surface area contributed by atoms with Gasteiger partial charge in [-0.05, 0) is 46.9 Å². The van der Waals surface area contributed by atoms with Crippen LogP contribution in [0.1, 0.15) is 38.8 Å². The molecule has 0 aromatic carbocycles. The van der Waals surface area contributed by atoms with Crippen molar-refractivity contribution in [2.24, 2.45) is 5.41 Å². The Morgan fingerprint density at radius 2 is 2.31 bits per heavy atom. The molecular formula is C13H21NS2. The minimum absolute atomic E-state index is 0.491. The first-order valence-corrected chi connectivity index (χ1v) is 8.02. The van der Waals surface area contributed by atoms with Crippen molar-refractivity contribution in [2.45, 2.75) is 39.3 Å². The SMILES string of the molecule is CC(NC1CSCC(C)(C)C1)c1ccsc1. The lowest BCUT2D eigenvalue weighted by Gasteiger charge is -2.36. The fourth-order valence-corrected chi connectivity index (χ4v) is 4.38. The van der Waals surface area contributed by atoms with E-state index in [1.807, 2.05) is 0 Å². The van der Waals surface area contributed by atoms with Crippen LogP contribution in [0.25, 0.3) is 0 Å². The van der Waals surface area contributed by atoms with Crippen LogP contribution in [0.2, 0.25) is 0 Å². The van der Waals surface area contributed by atoms with Crippen molar-refractivity contribution in [3.05, 3.63) is 22.4 Å². The zero-order valence-corrected chi connectivity index (χ0v) is 12.0. The smallest absolute Gasteiger partial charge is 0.0302 e. The molecule has 1 N–H and O–H groups in total. The predicted octanol–water partition coefficient (Wildman–Crippen LogP) is 3.93. The molecular weight excluding hydrogens is 234 g/mol. The molecule has 0 saturated carbocycles. The highest BCUT2D eigenvalue weighted by atomic mass is 32.2. The molecule has 0 bridgehead atoms. The Balaban J connectivity index is 1.90. The average Bonchev–Trinajstić information content (AvgIpc) is 2.68. The Hall–Kier alpha value is 0.01000. The lowest BCUT2D eigenvalue weighted by atomic mass is 9.87. The van der Waals surface area contributed by atoms with Crippen LogP contribution in [-0.4, -0.2) is 17.5 Å². The number of nitrogens with one attached hydrogen (secondary N) is 1. The van der Waals surface area contributed by atoms with Gasteiger partial charge in [-0.25, -0.2) is 0 Å². The van der Waals surface area contributed by atoms with E-state index in [2.05, 4.69) is 54.7 Å².